The van der Waals surface area contributed by atoms with Crippen molar-refractivity contribution >= 4 is 12.4 Å². The third-order valence-corrected chi connectivity index (χ3v) is 2.48. The van der Waals surface area contributed by atoms with Crippen LogP contribution in [0.2, 0.25) is 0 Å². The van der Waals surface area contributed by atoms with E-state index in [-0.39, 0.29) is 19.2 Å². The van der Waals surface area contributed by atoms with Crippen molar-refractivity contribution in [3.8, 4) is 23.0 Å². The van der Waals surface area contributed by atoms with Gasteiger partial charge in [0.1, 0.15) is 0 Å². The summed E-state index contributed by atoms with van der Waals surface area (Å²) in [5, 5.41) is 0. The first-order valence-corrected chi connectivity index (χ1v) is 5.05. The molecule has 0 amide bonds. The number of fused-ring (bicyclic) bond motifs is 1. The number of hydrogen-bond donors (Lipinski definition) is 1. The maximum absolute atomic E-state index is 5.55. The molecule has 0 aromatic heterocycles. The van der Waals surface area contributed by atoms with E-state index < -0.39 is 0 Å². The van der Waals surface area contributed by atoms with Crippen LogP contribution >= 0.6 is 12.4 Å². The minimum atomic E-state index is 0. The van der Waals surface area contributed by atoms with E-state index in [1.807, 2.05) is 6.07 Å². The fourth-order valence-electron chi connectivity index (χ4n) is 1.78. The highest BCUT2D eigenvalue weighted by molar-refractivity contribution is 5.85. The van der Waals surface area contributed by atoms with Crippen LogP contribution in [-0.2, 0) is 6.42 Å². The number of halogens is 1. The fraction of sp³-hybridized carbons (Fsp3) is 0.455. The van der Waals surface area contributed by atoms with Gasteiger partial charge in [-0.3, -0.25) is 0 Å². The molecule has 1 aliphatic rings. The van der Waals surface area contributed by atoms with Crippen molar-refractivity contribution < 1.29 is 18.9 Å². The number of rotatable bonds is 4. The summed E-state index contributed by atoms with van der Waals surface area (Å²) < 4.78 is 21.3. The largest absolute Gasteiger partial charge is 0.493 e. The molecule has 0 saturated heterocycles. The van der Waals surface area contributed by atoms with Crippen molar-refractivity contribution in [1.82, 2.24) is 0 Å². The molecule has 0 fully saturated rings. The molecule has 0 aliphatic carbocycles. The Morgan fingerprint density at radius 2 is 1.94 bits per heavy atom. The zero-order valence-electron chi connectivity index (χ0n) is 9.82. The van der Waals surface area contributed by atoms with Crippen LogP contribution in [0.25, 0.3) is 0 Å². The van der Waals surface area contributed by atoms with Crippen molar-refractivity contribution in [2.75, 3.05) is 27.6 Å². The second kappa shape index (κ2) is 5.84. The average Bonchev–Trinajstić information content (AvgIpc) is 2.77. The molecule has 0 saturated carbocycles. The minimum Gasteiger partial charge on any atom is -0.493 e. The molecular weight excluding hydrogens is 246 g/mol. The topological polar surface area (TPSA) is 62.9 Å². The normalized spacial score (nSPS) is 11.9. The maximum atomic E-state index is 5.55. The predicted molar refractivity (Wildman–Crippen MR) is 65.7 cm³/mol. The van der Waals surface area contributed by atoms with Crippen LogP contribution in [0.15, 0.2) is 6.07 Å². The van der Waals surface area contributed by atoms with Gasteiger partial charge in [-0.1, -0.05) is 0 Å². The molecule has 17 heavy (non-hydrogen) atoms. The van der Waals surface area contributed by atoms with Gasteiger partial charge in [0, 0.05) is 5.56 Å². The van der Waals surface area contributed by atoms with Gasteiger partial charge in [-0.2, -0.15) is 0 Å². The highest BCUT2D eigenvalue weighted by Crippen LogP contribution is 2.49. The highest BCUT2D eigenvalue weighted by atomic mass is 35.5. The van der Waals surface area contributed by atoms with Gasteiger partial charge in [-0.25, -0.2) is 0 Å². The molecule has 6 heteroatoms. The molecule has 1 aromatic rings. The Labute approximate surface area is 106 Å². The molecule has 0 atom stereocenters. The number of benzene rings is 1. The summed E-state index contributed by atoms with van der Waals surface area (Å²) >= 11 is 0. The minimum absolute atomic E-state index is 0. The molecule has 1 aromatic carbocycles. The number of hydrogen-bond acceptors (Lipinski definition) is 5. The van der Waals surface area contributed by atoms with E-state index in [4.69, 9.17) is 24.7 Å². The Kier molecular flexibility index (Phi) is 4.72. The molecule has 1 heterocycles. The zero-order chi connectivity index (χ0) is 11.5. The van der Waals surface area contributed by atoms with Gasteiger partial charge < -0.3 is 24.7 Å². The summed E-state index contributed by atoms with van der Waals surface area (Å²) in [6.45, 7) is 0.729. The van der Waals surface area contributed by atoms with Gasteiger partial charge in [0.15, 0.2) is 11.5 Å². The first-order valence-electron chi connectivity index (χ1n) is 5.05. The van der Waals surface area contributed by atoms with Gasteiger partial charge >= 0.3 is 0 Å². The van der Waals surface area contributed by atoms with E-state index >= 15 is 0 Å². The Bertz CT molecular complexity index is 398. The Balaban J connectivity index is 0.00000144. The first-order chi connectivity index (χ1) is 7.81. The lowest BCUT2D eigenvalue weighted by Gasteiger charge is -2.13. The van der Waals surface area contributed by atoms with Crippen LogP contribution in [0.5, 0.6) is 23.0 Å². The van der Waals surface area contributed by atoms with Crippen LogP contribution in [0.4, 0.5) is 0 Å². The molecule has 0 spiro atoms. The Hall–Kier alpha value is -1.33. The van der Waals surface area contributed by atoms with Crippen LogP contribution in [0, 0.1) is 0 Å². The van der Waals surface area contributed by atoms with E-state index in [9.17, 15) is 0 Å². The van der Waals surface area contributed by atoms with Crippen molar-refractivity contribution in [3.05, 3.63) is 11.6 Å². The molecule has 2 N–H and O–H groups in total. The van der Waals surface area contributed by atoms with E-state index in [1.165, 1.54) is 0 Å². The summed E-state index contributed by atoms with van der Waals surface area (Å²) in [5.74, 6) is 2.53. The number of methoxy groups -OCH3 is 2. The molecule has 0 bridgehead atoms. The lowest BCUT2D eigenvalue weighted by molar-refractivity contribution is 0.168. The third kappa shape index (κ3) is 2.35. The van der Waals surface area contributed by atoms with Crippen molar-refractivity contribution in [2.24, 2.45) is 5.73 Å². The SMILES string of the molecule is COc1cc(CCN)c(OC)c2c1OCO2.Cl. The molecule has 0 unspecified atom stereocenters. The monoisotopic (exact) mass is 261 g/mol. The summed E-state index contributed by atoms with van der Waals surface area (Å²) in [4.78, 5) is 0. The molecule has 2 rings (SSSR count). The first kappa shape index (κ1) is 13.7. The lowest BCUT2D eigenvalue weighted by Crippen LogP contribution is -2.05. The maximum Gasteiger partial charge on any atom is 0.231 e. The quantitative estimate of drug-likeness (QED) is 0.887. The van der Waals surface area contributed by atoms with Crippen LogP contribution in [-0.4, -0.2) is 27.6 Å². The predicted octanol–water partition coefficient (Wildman–Crippen LogP) is 1.36. The number of ether oxygens (including phenoxy) is 4. The standard InChI is InChI=1S/C11H15NO4.ClH/c1-13-8-5-7(3-4-12)9(14-2)11-10(8)15-6-16-11;/h5H,3-4,6,12H2,1-2H3;1H. The van der Waals surface area contributed by atoms with Crippen LogP contribution in [0.3, 0.4) is 0 Å². The van der Waals surface area contributed by atoms with Crippen LogP contribution in [0.1, 0.15) is 5.56 Å². The van der Waals surface area contributed by atoms with Crippen molar-refractivity contribution in [3.63, 3.8) is 0 Å². The highest BCUT2D eigenvalue weighted by Gasteiger charge is 2.26. The van der Waals surface area contributed by atoms with Crippen LogP contribution < -0.4 is 24.7 Å². The fourth-order valence-corrected chi connectivity index (χ4v) is 1.78. The molecule has 0 radical (unpaired) electrons. The van der Waals surface area contributed by atoms with Gasteiger partial charge in [-0.05, 0) is 19.0 Å². The Morgan fingerprint density at radius 1 is 1.24 bits per heavy atom. The van der Waals surface area contributed by atoms with E-state index in [1.54, 1.807) is 14.2 Å². The lowest BCUT2D eigenvalue weighted by atomic mass is 10.1. The molecule has 5 nitrogen and oxygen atoms in total. The second-order valence-corrected chi connectivity index (χ2v) is 3.37. The molecule has 1 aliphatic heterocycles. The van der Waals surface area contributed by atoms with Gasteiger partial charge in [0.25, 0.3) is 0 Å². The average molecular weight is 262 g/mol. The van der Waals surface area contributed by atoms with Crippen molar-refractivity contribution in [1.29, 1.82) is 0 Å². The summed E-state index contributed by atoms with van der Waals surface area (Å²) in [6, 6.07) is 1.87. The summed E-state index contributed by atoms with van der Waals surface area (Å²) in [5.41, 5.74) is 6.52. The second-order valence-electron chi connectivity index (χ2n) is 3.37. The van der Waals surface area contributed by atoms with E-state index in [2.05, 4.69) is 0 Å². The zero-order valence-corrected chi connectivity index (χ0v) is 10.6. The van der Waals surface area contributed by atoms with Gasteiger partial charge in [0.05, 0.1) is 14.2 Å². The number of nitrogens with two attached hydrogens (primary N) is 1. The van der Waals surface area contributed by atoms with Gasteiger partial charge in [0.2, 0.25) is 18.3 Å². The third-order valence-electron chi connectivity index (χ3n) is 2.48. The van der Waals surface area contributed by atoms with Crippen molar-refractivity contribution in [2.45, 2.75) is 6.42 Å². The van der Waals surface area contributed by atoms with Gasteiger partial charge in [-0.15, -0.1) is 12.4 Å². The van der Waals surface area contributed by atoms with E-state index in [0.29, 0.717) is 36.0 Å². The Morgan fingerprint density at radius 3 is 2.53 bits per heavy atom. The smallest absolute Gasteiger partial charge is 0.231 e. The summed E-state index contributed by atoms with van der Waals surface area (Å²) in [7, 11) is 3.19. The summed E-state index contributed by atoms with van der Waals surface area (Å²) in [6.07, 6.45) is 0.705. The molecular formula is C11H16ClNO4. The van der Waals surface area contributed by atoms with E-state index in [0.717, 1.165) is 5.56 Å². The molecule has 96 valence electrons.